The Bertz CT molecular complexity index is 261. The lowest BCUT2D eigenvalue weighted by atomic mass is 10.0. The van der Waals surface area contributed by atoms with E-state index in [4.69, 9.17) is 15.9 Å². The molecule has 0 unspecified atom stereocenters. The first-order valence-corrected chi connectivity index (χ1v) is 5.04. The number of ether oxygens (including phenoxy) is 2. The van der Waals surface area contributed by atoms with E-state index in [1.807, 2.05) is 5.92 Å². The second kappa shape index (κ2) is 7.71. The fraction of sp³-hybridized carbons (Fsp3) is 0.636. The Labute approximate surface area is 94.7 Å². The zero-order valence-electron chi connectivity index (χ0n) is 9.43. The molecule has 0 aliphatic carbocycles. The lowest BCUT2D eigenvalue weighted by Gasteiger charge is -2.14. The topological polar surface area (TPSA) is 72.8 Å². The summed E-state index contributed by atoms with van der Waals surface area (Å²) in [5.41, 5.74) is 0. The summed E-state index contributed by atoms with van der Waals surface area (Å²) in [6, 6.07) is 0. The molecule has 0 amide bonds. The fourth-order valence-corrected chi connectivity index (χ4v) is 1.07. The lowest BCUT2D eigenvalue weighted by molar-refractivity contribution is -0.162. The molecule has 0 bridgehead atoms. The van der Waals surface area contributed by atoms with Crippen LogP contribution >= 0.6 is 0 Å². The predicted octanol–water partition coefficient (Wildman–Crippen LogP) is 0.113. The van der Waals surface area contributed by atoms with Gasteiger partial charge in [-0.15, -0.1) is 6.42 Å². The smallest absolute Gasteiger partial charge is 0.320 e. The summed E-state index contributed by atoms with van der Waals surface area (Å²) >= 11 is 0. The molecule has 0 aromatic heterocycles. The molecule has 0 aromatic carbocycles. The summed E-state index contributed by atoms with van der Waals surface area (Å²) in [4.78, 5) is 22.8. The molecule has 0 saturated carbocycles. The van der Waals surface area contributed by atoms with E-state index in [1.54, 1.807) is 13.8 Å². The van der Waals surface area contributed by atoms with Gasteiger partial charge in [0.1, 0.15) is 6.10 Å². The van der Waals surface area contributed by atoms with Gasteiger partial charge < -0.3 is 14.6 Å². The molecular formula is C11H16O5. The Morgan fingerprint density at radius 1 is 1.25 bits per heavy atom. The molecule has 1 atom stereocenters. The summed E-state index contributed by atoms with van der Waals surface area (Å²) in [7, 11) is 0. The highest BCUT2D eigenvalue weighted by molar-refractivity contribution is 5.94. The quantitative estimate of drug-likeness (QED) is 0.397. The molecule has 5 heteroatoms. The van der Waals surface area contributed by atoms with Crippen molar-refractivity contribution in [2.24, 2.45) is 5.92 Å². The van der Waals surface area contributed by atoms with Crippen LogP contribution in [0.5, 0.6) is 0 Å². The van der Waals surface area contributed by atoms with Crippen molar-refractivity contribution in [3.63, 3.8) is 0 Å². The van der Waals surface area contributed by atoms with Crippen molar-refractivity contribution in [2.45, 2.75) is 26.4 Å². The maximum atomic E-state index is 11.4. The van der Waals surface area contributed by atoms with E-state index in [0.717, 1.165) is 0 Å². The molecule has 0 radical (unpaired) electrons. The van der Waals surface area contributed by atoms with Crippen LogP contribution in [-0.4, -0.2) is 36.4 Å². The summed E-state index contributed by atoms with van der Waals surface area (Å²) < 4.78 is 9.39. The van der Waals surface area contributed by atoms with Crippen LogP contribution in [0.15, 0.2) is 0 Å². The van der Waals surface area contributed by atoms with Crippen LogP contribution in [0.1, 0.15) is 20.3 Å². The number of hydrogen-bond donors (Lipinski definition) is 1. The average Bonchev–Trinajstić information content (AvgIpc) is 2.25. The predicted molar refractivity (Wildman–Crippen MR) is 56.2 cm³/mol. The highest BCUT2D eigenvalue weighted by Crippen LogP contribution is 2.11. The number of carbonyl (C=O) groups is 2. The van der Waals surface area contributed by atoms with E-state index in [9.17, 15) is 14.7 Å². The third kappa shape index (κ3) is 4.80. The van der Waals surface area contributed by atoms with Gasteiger partial charge in [0.05, 0.1) is 13.2 Å². The number of terminal acetylenes is 1. The molecule has 0 spiro atoms. The number of aliphatic hydroxyl groups excluding tert-OH is 1. The average molecular weight is 228 g/mol. The molecule has 0 heterocycles. The highest BCUT2D eigenvalue weighted by atomic mass is 16.6. The lowest BCUT2D eigenvalue weighted by Crippen LogP contribution is -2.31. The number of aliphatic hydroxyl groups is 1. The Morgan fingerprint density at radius 3 is 2.00 bits per heavy atom. The van der Waals surface area contributed by atoms with Crippen molar-refractivity contribution >= 4 is 11.9 Å². The van der Waals surface area contributed by atoms with Gasteiger partial charge in [-0.05, 0) is 13.8 Å². The highest BCUT2D eigenvalue weighted by Gasteiger charge is 2.31. The van der Waals surface area contributed by atoms with E-state index in [0.29, 0.717) is 0 Å². The summed E-state index contributed by atoms with van der Waals surface area (Å²) in [5.74, 6) is -0.585. The van der Waals surface area contributed by atoms with E-state index >= 15 is 0 Å². The largest absolute Gasteiger partial charge is 0.465 e. The van der Waals surface area contributed by atoms with Crippen LogP contribution in [0, 0.1) is 18.3 Å². The second-order valence-electron chi connectivity index (χ2n) is 2.97. The zero-order valence-corrected chi connectivity index (χ0v) is 9.43. The van der Waals surface area contributed by atoms with Gasteiger partial charge >= 0.3 is 11.9 Å². The molecule has 0 aliphatic rings. The van der Waals surface area contributed by atoms with Crippen LogP contribution < -0.4 is 0 Å². The van der Waals surface area contributed by atoms with Gasteiger partial charge in [0.2, 0.25) is 0 Å². The van der Waals surface area contributed by atoms with Gasteiger partial charge in [-0.3, -0.25) is 9.59 Å². The third-order valence-corrected chi connectivity index (χ3v) is 1.79. The molecule has 5 nitrogen and oxygen atoms in total. The van der Waals surface area contributed by atoms with Crippen molar-refractivity contribution in [1.82, 2.24) is 0 Å². The summed E-state index contributed by atoms with van der Waals surface area (Å²) in [6.07, 6.45) is 3.61. The maximum Gasteiger partial charge on any atom is 0.320 e. The molecule has 0 rings (SSSR count). The number of hydrogen-bond acceptors (Lipinski definition) is 5. The number of rotatable bonds is 6. The van der Waals surface area contributed by atoms with Crippen LogP contribution in [0.4, 0.5) is 0 Å². The van der Waals surface area contributed by atoms with Gasteiger partial charge in [0.25, 0.3) is 0 Å². The Morgan fingerprint density at radius 2 is 1.69 bits per heavy atom. The Kier molecular flexibility index (Phi) is 6.97. The Balaban J connectivity index is 4.56. The van der Waals surface area contributed by atoms with Crippen molar-refractivity contribution in [3.05, 3.63) is 0 Å². The molecule has 1 N–H and O–H groups in total. The van der Waals surface area contributed by atoms with Crippen LogP contribution in [0.25, 0.3) is 0 Å². The van der Waals surface area contributed by atoms with Crippen molar-refractivity contribution in [1.29, 1.82) is 0 Å². The van der Waals surface area contributed by atoms with E-state index in [1.165, 1.54) is 0 Å². The Hall–Kier alpha value is -1.54. The molecule has 0 aliphatic heterocycles. The molecular weight excluding hydrogens is 212 g/mol. The van der Waals surface area contributed by atoms with E-state index < -0.39 is 24.0 Å². The minimum Gasteiger partial charge on any atom is -0.465 e. The molecule has 16 heavy (non-hydrogen) atoms. The molecule has 0 aromatic rings. The second-order valence-corrected chi connectivity index (χ2v) is 2.97. The van der Waals surface area contributed by atoms with E-state index in [-0.39, 0.29) is 19.6 Å². The van der Waals surface area contributed by atoms with Crippen molar-refractivity contribution < 1.29 is 24.2 Å². The minimum atomic E-state index is -1.17. The fourth-order valence-electron chi connectivity index (χ4n) is 1.07. The van der Waals surface area contributed by atoms with Gasteiger partial charge in [-0.25, -0.2) is 0 Å². The number of carbonyl (C=O) groups excluding carboxylic acids is 2. The van der Waals surface area contributed by atoms with Crippen LogP contribution in [0.3, 0.4) is 0 Å². The van der Waals surface area contributed by atoms with Gasteiger partial charge in [-0.1, -0.05) is 5.92 Å². The standard InChI is InChI=1S/C11H16O5/c1-4-8(12)7-9(10(13)15-5-2)11(14)16-6-3/h1,8-9,12H,5-7H2,2-3H3/t8-/m0/s1. The van der Waals surface area contributed by atoms with Crippen LogP contribution in [-0.2, 0) is 19.1 Å². The molecule has 0 fully saturated rings. The third-order valence-electron chi connectivity index (χ3n) is 1.79. The van der Waals surface area contributed by atoms with Gasteiger partial charge in [0, 0.05) is 6.42 Å². The van der Waals surface area contributed by atoms with E-state index in [2.05, 4.69) is 0 Å². The summed E-state index contributed by atoms with van der Waals surface area (Å²) in [5, 5.41) is 9.21. The maximum absolute atomic E-state index is 11.4. The first-order valence-electron chi connectivity index (χ1n) is 5.04. The molecule has 0 saturated heterocycles. The minimum absolute atomic E-state index is 0.154. The zero-order chi connectivity index (χ0) is 12.6. The SMILES string of the molecule is C#C[C@H](O)CC(C(=O)OCC)C(=O)OCC. The molecule has 90 valence electrons. The van der Waals surface area contributed by atoms with Crippen LogP contribution in [0.2, 0.25) is 0 Å². The first-order chi connectivity index (χ1) is 7.56. The van der Waals surface area contributed by atoms with Crippen molar-refractivity contribution in [2.75, 3.05) is 13.2 Å². The number of esters is 2. The summed E-state index contributed by atoms with van der Waals surface area (Å²) in [6.45, 7) is 3.55. The first kappa shape index (κ1) is 14.5. The van der Waals surface area contributed by atoms with Gasteiger partial charge in [-0.2, -0.15) is 0 Å². The monoisotopic (exact) mass is 228 g/mol. The normalized spacial score (nSPS) is 11.7. The van der Waals surface area contributed by atoms with Crippen molar-refractivity contribution in [3.8, 4) is 12.3 Å². The van der Waals surface area contributed by atoms with Gasteiger partial charge in [0.15, 0.2) is 5.92 Å².